The minimum absolute atomic E-state index is 0.570. The van der Waals surface area contributed by atoms with E-state index in [1.165, 1.54) is 0 Å². The Kier molecular flexibility index (Phi) is 4.93. The highest BCUT2D eigenvalue weighted by Gasteiger charge is 2.12. The Morgan fingerprint density at radius 2 is 1.52 bits per heavy atom. The highest BCUT2D eigenvalue weighted by atomic mass is 16.5. The molecular formula is C17H21NO3. The van der Waals surface area contributed by atoms with E-state index in [2.05, 4.69) is 0 Å². The quantitative estimate of drug-likeness (QED) is 0.822. The molecule has 0 bridgehead atoms. The molecule has 2 N–H and O–H groups in total. The van der Waals surface area contributed by atoms with Crippen molar-refractivity contribution in [1.29, 1.82) is 0 Å². The number of hydrogen-bond donors (Lipinski definition) is 1. The van der Waals surface area contributed by atoms with Crippen molar-refractivity contribution in [3.63, 3.8) is 0 Å². The molecule has 0 aliphatic carbocycles. The monoisotopic (exact) mass is 287 g/mol. The topological polar surface area (TPSA) is 53.7 Å². The zero-order valence-electron chi connectivity index (χ0n) is 12.7. The van der Waals surface area contributed by atoms with Crippen LogP contribution < -0.4 is 19.9 Å². The van der Waals surface area contributed by atoms with Gasteiger partial charge in [-0.2, -0.15) is 0 Å². The third kappa shape index (κ3) is 3.40. The third-order valence-corrected chi connectivity index (χ3v) is 3.11. The molecule has 21 heavy (non-hydrogen) atoms. The molecule has 4 nitrogen and oxygen atoms in total. The molecule has 0 spiro atoms. The van der Waals surface area contributed by atoms with Crippen molar-refractivity contribution >= 4 is 5.69 Å². The Hall–Kier alpha value is -2.36. The summed E-state index contributed by atoms with van der Waals surface area (Å²) >= 11 is 0. The third-order valence-electron chi connectivity index (χ3n) is 3.11. The average molecular weight is 287 g/mol. The summed E-state index contributed by atoms with van der Waals surface area (Å²) in [5.74, 6) is 2.24. The number of ether oxygens (including phenoxy) is 3. The second kappa shape index (κ2) is 6.88. The summed E-state index contributed by atoms with van der Waals surface area (Å²) in [7, 11) is 1.65. The fourth-order valence-electron chi connectivity index (χ4n) is 2.13. The van der Waals surface area contributed by atoms with Gasteiger partial charge in [0.2, 0.25) is 0 Å². The second-order valence-corrected chi connectivity index (χ2v) is 4.48. The van der Waals surface area contributed by atoms with Gasteiger partial charge in [-0.05, 0) is 37.6 Å². The van der Waals surface area contributed by atoms with E-state index < -0.39 is 0 Å². The van der Waals surface area contributed by atoms with Crippen molar-refractivity contribution in [2.45, 2.75) is 13.8 Å². The molecule has 0 unspecified atom stereocenters. The lowest BCUT2D eigenvalue weighted by Gasteiger charge is -2.15. The summed E-state index contributed by atoms with van der Waals surface area (Å²) in [5, 5.41) is 0. The Balaban J connectivity index is 2.49. The molecule has 0 saturated heterocycles. The van der Waals surface area contributed by atoms with Gasteiger partial charge in [0, 0.05) is 11.6 Å². The molecule has 0 fully saturated rings. The summed E-state index contributed by atoms with van der Waals surface area (Å²) < 4.78 is 16.5. The van der Waals surface area contributed by atoms with Gasteiger partial charge in [0.05, 0.1) is 26.0 Å². The number of benzene rings is 2. The zero-order chi connectivity index (χ0) is 15.2. The molecule has 2 aromatic rings. The van der Waals surface area contributed by atoms with Crippen LogP contribution >= 0.6 is 0 Å². The molecular weight excluding hydrogens is 266 g/mol. The molecule has 112 valence electrons. The lowest BCUT2D eigenvalue weighted by atomic mass is 10.0. The first-order chi connectivity index (χ1) is 10.2. The van der Waals surface area contributed by atoms with Gasteiger partial charge in [0.25, 0.3) is 0 Å². The largest absolute Gasteiger partial charge is 0.497 e. The van der Waals surface area contributed by atoms with Crippen molar-refractivity contribution in [2.75, 3.05) is 26.1 Å². The Labute approximate surface area is 125 Å². The minimum atomic E-state index is 0.570. The average Bonchev–Trinajstić information content (AvgIpc) is 2.50. The van der Waals surface area contributed by atoms with E-state index in [1.54, 1.807) is 7.11 Å². The van der Waals surface area contributed by atoms with Gasteiger partial charge in [-0.3, -0.25) is 0 Å². The first-order valence-corrected chi connectivity index (χ1v) is 7.03. The number of nitrogen functional groups attached to an aromatic ring is 1. The van der Waals surface area contributed by atoms with Crippen LogP contribution in [0, 0.1) is 0 Å². The van der Waals surface area contributed by atoms with E-state index in [0.29, 0.717) is 24.7 Å². The molecule has 0 aliphatic heterocycles. The number of nitrogens with two attached hydrogens (primary N) is 1. The van der Waals surface area contributed by atoms with Gasteiger partial charge in [-0.15, -0.1) is 0 Å². The van der Waals surface area contributed by atoms with Gasteiger partial charge < -0.3 is 19.9 Å². The lowest BCUT2D eigenvalue weighted by molar-refractivity contribution is 0.333. The maximum atomic E-state index is 6.01. The highest BCUT2D eigenvalue weighted by molar-refractivity contribution is 5.77. The van der Waals surface area contributed by atoms with E-state index in [4.69, 9.17) is 19.9 Å². The molecule has 0 atom stereocenters. The number of rotatable bonds is 6. The van der Waals surface area contributed by atoms with Crippen LogP contribution in [0.15, 0.2) is 36.4 Å². The maximum absolute atomic E-state index is 6.01. The predicted octanol–water partition coefficient (Wildman–Crippen LogP) is 3.74. The Bertz CT molecular complexity index is 594. The van der Waals surface area contributed by atoms with Crippen LogP contribution in [-0.4, -0.2) is 20.3 Å². The number of methoxy groups -OCH3 is 1. The van der Waals surface area contributed by atoms with Crippen LogP contribution in [0.25, 0.3) is 11.1 Å². The Morgan fingerprint density at radius 3 is 2.10 bits per heavy atom. The van der Waals surface area contributed by atoms with Crippen LogP contribution in [0.2, 0.25) is 0 Å². The van der Waals surface area contributed by atoms with Crippen LogP contribution in [0.3, 0.4) is 0 Å². The molecule has 0 saturated carbocycles. The van der Waals surface area contributed by atoms with Crippen LogP contribution in [0.5, 0.6) is 17.2 Å². The molecule has 0 aliphatic rings. The molecule has 2 rings (SSSR count). The predicted molar refractivity (Wildman–Crippen MR) is 85.2 cm³/mol. The van der Waals surface area contributed by atoms with E-state index in [-0.39, 0.29) is 0 Å². The van der Waals surface area contributed by atoms with E-state index in [1.807, 2.05) is 50.2 Å². The summed E-state index contributed by atoms with van der Waals surface area (Å²) in [6, 6.07) is 11.6. The normalized spacial score (nSPS) is 10.2. The Morgan fingerprint density at radius 1 is 0.905 bits per heavy atom. The number of hydrogen-bond acceptors (Lipinski definition) is 4. The van der Waals surface area contributed by atoms with Gasteiger partial charge in [-0.1, -0.05) is 12.1 Å². The summed E-state index contributed by atoms with van der Waals surface area (Å²) in [5.41, 5.74) is 8.57. The first-order valence-electron chi connectivity index (χ1n) is 7.03. The minimum Gasteiger partial charge on any atom is -0.497 e. The van der Waals surface area contributed by atoms with Crippen molar-refractivity contribution in [1.82, 2.24) is 0 Å². The van der Waals surface area contributed by atoms with Gasteiger partial charge >= 0.3 is 0 Å². The molecule has 0 radical (unpaired) electrons. The van der Waals surface area contributed by atoms with Crippen molar-refractivity contribution < 1.29 is 14.2 Å². The second-order valence-electron chi connectivity index (χ2n) is 4.48. The molecule has 0 aromatic heterocycles. The van der Waals surface area contributed by atoms with Crippen LogP contribution in [0.1, 0.15) is 13.8 Å². The van der Waals surface area contributed by atoms with E-state index in [9.17, 15) is 0 Å². The smallest absolute Gasteiger partial charge is 0.143 e. The first kappa shape index (κ1) is 15.0. The standard InChI is InChI=1S/C17H21NO3/c1-4-20-16-11-15(18)17(21-5-2)10-14(16)12-6-8-13(19-3)9-7-12/h6-11H,4-5,18H2,1-3H3. The number of anilines is 1. The summed E-state index contributed by atoms with van der Waals surface area (Å²) in [4.78, 5) is 0. The van der Waals surface area contributed by atoms with Gasteiger partial charge in [0.15, 0.2) is 0 Å². The fourth-order valence-corrected chi connectivity index (χ4v) is 2.13. The molecule has 0 heterocycles. The SMILES string of the molecule is CCOc1cc(-c2ccc(OC)cc2)c(OCC)cc1N. The lowest BCUT2D eigenvalue weighted by Crippen LogP contribution is -2.00. The maximum Gasteiger partial charge on any atom is 0.143 e. The zero-order valence-corrected chi connectivity index (χ0v) is 12.7. The van der Waals surface area contributed by atoms with Crippen molar-refractivity contribution in [2.24, 2.45) is 0 Å². The van der Waals surface area contributed by atoms with Gasteiger partial charge in [-0.25, -0.2) is 0 Å². The van der Waals surface area contributed by atoms with E-state index >= 15 is 0 Å². The molecule has 0 amide bonds. The molecule has 4 heteroatoms. The van der Waals surface area contributed by atoms with E-state index in [0.717, 1.165) is 22.6 Å². The summed E-state index contributed by atoms with van der Waals surface area (Å²) in [6.45, 7) is 5.03. The summed E-state index contributed by atoms with van der Waals surface area (Å²) in [6.07, 6.45) is 0. The van der Waals surface area contributed by atoms with Crippen LogP contribution in [-0.2, 0) is 0 Å². The van der Waals surface area contributed by atoms with Crippen molar-refractivity contribution in [3.8, 4) is 28.4 Å². The highest BCUT2D eigenvalue weighted by Crippen LogP contribution is 2.38. The van der Waals surface area contributed by atoms with Gasteiger partial charge in [0.1, 0.15) is 17.2 Å². The van der Waals surface area contributed by atoms with Crippen LogP contribution in [0.4, 0.5) is 5.69 Å². The van der Waals surface area contributed by atoms with Crippen molar-refractivity contribution in [3.05, 3.63) is 36.4 Å². The molecule has 2 aromatic carbocycles. The fraction of sp³-hybridized carbons (Fsp3) is 0.294.